The van der Waals surface area contributed by atoms with Crippen LogP contribution in [0, 0.1) is 24.1 Å². The molecule has 2 aromatic heterocycles. The van der Waals surface area contributed by atoms with Crippen LogP contribution in [0.4, 0.5) is 10.2 Å². The maximum absolute atomic E-state index is 13.8. The predicted octanol–water partition coefficient (Wildman–Crippen LogP) is 6.24. The van der Waals surface area contributed by atoms with Crippen molar-refractivity contribution in [1.29, 1.82) is 5.26 Å². The summed E-state index contributed by atoms with van der Waals surface area (Å²) in [6.45, 7) is 5.88. The Bertz CT molecular complexity index is 1460. The summed E-state index contributed by atoms with van der Waals surface area (Å²) in [5.74, 6) is 0.332. The zero-order chi connectivity index (χ0) is 21.5. The Morgan fingerprint density at radius 3 is 2.77 bits per heavy atom. The van der Waals surface area contributed by atoms with Gasteiger partial charge in [0, 0.05) is 27.8 Å². The predicted molar refractivity (Wildman–Crippen MR) is 122 cm³/mol. The molecule has 2 aromatic carbocycles. The van der Waals surface area contributed by atoms with E-state index in [9.17, 15) is 9.65 Å². The highest BCUT2D eigenvalue weighted by atomic mass is 19.1. The Balaban J connectivity index is 1.80. The number of rotatable bonds is 2. The summed E-state index contributed by atoms with van der Waals surface area (Å²) in [6.07, 6.45) is 5.08. The Morgan fingerprint density at radius 1 is 1.06 bits per heavy atom. The Hall–Kier alpha value is -4.30. The number of nitrogens with zero attached hydrogens (tertiary/aromatic N) is 3. The van der Waals surface area contributed by atoms with Crippen molar-refractivity contribution in [3.05, 3.63) is 95.6 Å². The van der Waals surface area contributed by atoms with Crippen molar-refractivity contribution in [2.75, 3.05) is 5.32 Å². The molecule has 1 aliphatic heterocycles. The molecular formula is C26H17FN4. The number of halogens is 1. The maximum atomic E-state index is 13.8. The van der Waals surface area contributed by atoms with E-state index in [-0.39, 0.29) is 5.82 Å². The van der Waals surface area contributed by atoms with Gasteiger partial charge in [-0.1, -0.05) is 24.8 Å². The largest absolute Gasteiger partial charge is 0.340 e. The molecule has 0 saturated heterocycles. The first kappa shape index (κ1) is 18.7. The van der Waals surface area contributed by atoms with Crippen molar-refractivity contribution in [3.63, 3.8) is 0 Å². The SMILES string of the molecule is C=C1C=Cc2cc(-c3ccc4ncc(F)cc4c3)c(-c3cccc(C#N)c3C)nc2N1. The fourth-order valence-electron chi connectivity index (χ4n) is 3.85. The van der Waals surface area contributed by atoms with Crippen molar-refractivity contribution in [2.24, 2.45) is 0 Å². The molecule has 4 aromatic rings. The summed E-state index contributed by atoms with van der Waals surface area (Å²) in [6, 6.07) is 17.2. The van der Waals surface area contributed by atoms with Gasteiger partial charge < -0.3 is 5.32 Å². The molecule has 4 nitrogen and oxygen atoms in total. The van der Waals surface area contributed by atoms with Gasteiger partial charge in [0.15, 0.2) is 0 Å². The number of nitrogens with one attached hydrogen (secondary N) is 1. The fourth-order valence-corrected chi connectivity index (χ4v) is 3.85. The summed E-state index contributed by atoms with van der Waals surface area (Å²) < 4.78 is 13.8. The van der Waals surface area contributed by atoms with Gasteiger partial charge in [0.2, 0.25) is 0 Å². The molecule has 148 valence electrons. The van der Waals surface area contributed by atoms with Crippen molar-refractivity contribution in [1.82, 2.24) is 9.97 Å². The topological polar surface area (TPSA) is 61.6 Å². The molecule has 0 atom stereocenters. The highest BCUT2D eigenvalue weighted by Crippen LogP contribution is 2.38. The van der Waals surface area contributed by atoms with Crippen LogP contribution in [-0.4, -0.2) is 9.97 Å². The summed E-state index contributed by atoms with van der Waals surface area (Å²) in [7, 11) is 0. The van der Waals surface area contributed by atoms with Gasteiger partial charge in [0.25, 0.3) is 0 Å². The van der Waals surface area contributed by atoms with Gasteiger partial charge in [-0.15, -0.1) is 0 Å². The molecule has 0 saturated carbocycles. The number of allylic oxidation sites excluding steroid dienone is 1. The average molecular weight is 404 g/mol. The van der Waals surface area contributed by atoms with Crippen LogP contribution in [-0.2, 0) is 0 Å². The number of anilines is 1. The number of hydrogen-bond acceptors (Lipinski definition) is 4. The minimum Gasteiger partial charge on any atom is -0.340 e. The van der Waals surface area contributed by atoms with E-state index in [1.807, 2.05) is 49.4 Å². The van der Waals surface area contributed by atoms with Gasteiger partial charge in [-0.3, -0.25) is 4.98 Å². The van der Waals surface area contributed by atoms with Gasteiger partial charge in [-0.2, -0.15) is 5.26 Å². The van der Waals surface area contributed by atoms with Crippen LogP contribution in [0.3, 0.4) is 0 Å². The van der Waals surface area contributed by atoms with Gasteiger partial charge in [0.05, 0.1) is 29.0 Å². The van der Waals surface area contributed by atoms with Gasteiger partial charge in [-0.05, 0) is 60.5 Å². The second kappa shape index (κ2) is 7.19. The molecule has 5 heteroatoms. The van der Waals surface area contributed by atoms with Gasteiger partial charge in [0.1, 0.15) is 11.6 Å². The summed E-state index contributed by atoms with van der Waals surface area (Å²) in [5.41, 5.74) is 7.27. The number of hydrogen-bond donors (Lipinski definition) is 1. The molecule has 0 radical (unpaired) electrons. The van der Waals surface area contributed by atoms with E-state index in [1.165, 1.54) is 12.3 Å². The average Bonchev–Trinajstić information content (AvgIpc) is 2.78. The Kier molecular flexibility index (Phi) is 4.34. The standard InChI is InChI=1S/C26H17FN4/c1-15-6-7-18-12-23(17-8-9-24-20(10-17)11-21(27)14-29-24)25(31-26(18)30-15)22-5-3-4-19(13-28)16(22)2/h3-12,14H,1H2,2H3,(H,30,31). The lowest BCUT2D eigenvalue weighted by molar-refractivity contribution is 0.624. The molecule has 0 spiro atoms. The van der Waals surface area contributed by atoms with Crippen molar-refractivity contribution in [2.45, 2.75) is 6.92 Å². The highest BCUT2D eigenvalue weighted by Gasteiger charge is 2.18. The van der Waals surface area contributed by atoms with E-state index in [2.05, 4.69) is 29.0 Å². The summed E-state index contributed by atoms with van der Waals surface area (Å²) in [5, 5.41) is 13.4. The summed E-state index contributed by atoms with van der Waals surface area (Å²) in [4.78, 5) is 9.08. The zero-order valence-corrected chi connectivity index (χ0v) is 16.8. The van der Waals surface area contributed by atoms with Crippen LogP contribution >= 0.6 is 0 Å². The monoisotopic (exact) mass is 404 g/mol. The highest BCUT2D eigenvalue weighted by molar-refractivity contribution is 5.92. The van der Waals surface area contributed by atoms with Crippen molar-refractivity contribution < 1.29 is 4.39 Å². The van der Waals surface area contributed by atoms with Crippen LogP contribution < -0.4 is 5.32 Å². The van der Waals surface area contributed by atoms with Crippen molar-refractivity contribution in [3.8, 4) is 28.5 Å². The lowest BCUT2D eigenvalue weighted by Gasteiger charge is -2.19. The van der Waals surface area contributed by atoms with Crippen LogP contribution in [0.1, 0.15) is 16.7 Å². The first-order valence-corrected chi connectivity index (χ1v) is 9.78. The van der Waals surface area contributed by atoms with Gasteiger partial charge >= 0.3 is 0 Å². The normalized spacial score (nSPS) is 12.4. The molecule has 31 heavy (non-hydrogen) atoms. The zero-order valence-electron chi connectivity index (χ0n) is 16.8. The van der Waals surface area contributed by atoms with Crippen molar-refractivity contribution >= 4 is 22.8 Å². The van der Waals surface area contributed by atoms with E-state index < -0.39 is 0 Å². The van der Waals surface area contributed by atoms with Crippen LogP contribution in [0.25, 0.3) is 39.4 Å². The molecule has 1 aliphatic rings. The number of benzene rings is 2. The summed E-state index contributed by atoms with van der Waals surface area (Å²) >= 11 is 0. The quantitative estimate of drug-likeness (QED) is 0.430. The first-order chi connectivity index (χ1) is 15.0. The Morgan fingerprint density at radius 2 is 1.94 bits per heavy atom. The number of aromatic nitrogens is 2. The third-order valence-corrected chi connectivity index (χ3v) is 5.46. The molecule has 0 fully saturated rings. The third kappa shape index (κ3) is 3.24. The van der Waals surface area contributed by atoms with E-state index in [0.717, 1.165) is 44.7 Å². The van der Waals surface area contributed by atoms with E-state index in [0.29, 0.717) is 16.8 Å². The molecule has 0 aliphatic carbocycles. The molecular weight excluding hydrogens is 387 g/mol. The molecule has 0 unspecified atom stereocenters. The van der Waals surface area contributed by atoms with E-state index >= 15 is 0 Å². The third-order valence-electron chi connectivity index (χ3n) is 5.46. The van der Waals surface area contributed by atoms with Gasteiger partial charge in [-0.25, -0.2) is 9.37 Å². The lowest BCUT2D eigenvalue weighted by atomic mass is 9.92. The smallest absolute Gasteiger partial charge is 0.142 e. The fraction of sp³-hybridized carbons (Fsp3) is 0.0385. The molecule has 3 heterocycles. The van der Waals surface area contributed by atoms with Crippen LogP contribution in [0.5, 0.6) is 0 Å². The van der Waals surface area contributed by atoms with Crippen LogP contribution in [0.2, 0.25) is 0 Å². The Labute approximate surface area is 179 Å². The lowest BCUT2D eigenvalue weighted by Crippen LogP contribution is -2.06. The number of pyridine rings is 2. The molecule has 0 amide bonds. The van der Waals surface area contributed by atoms with Crippen LogP contribution in [0.15, 0.2) is 73.1 Å². The molecule has 1 N–H and O–H groups in total. The second-order valence-corrected chi connectivity index (χ2v) is 7.46. The number of nitriles is 1. The van der Waals surface area contributed by atoms with E-state index in [4.69, 9.17) is 4.98 Å². The van der Waals surface area contributed by atoms with E-state index in [1.54, 1.807) is 6.07 Å². The molecule has 5 rings (SSSR count). The maximum Gasteiger partial charge on any atom is 0.142 e. The first-order valence-electron chi connectivity index (χ1n) is 9.78. The minimum atomic E-state index is -0.378. The minimum absolute atomic E-state index is 0.378. The second-order valence-electron chi connectivity index (χ2n) is 7.46. The number of fused-ring (bicyclic) bond motifs is 2. The molecule has 0 bridgehead atoms.